The van der Waals surface area contributed by atoms with Crippen LogP contribution in [0.15, 0.2) is 30.6 Å². The van der Waals surface area contributed by atoms with E-state index >= 15 is 0 Å². The Balaban J connectivity index is 2.29. The fourth-order valence-corrected chi connectivity index (χ4v) is 2.20. The SMILES string of the molecule is CCCNCc1cc(OC)ccc1-c1cnn(CC)c1. The highest BCUT2D eigenvalue weighted by molar-refractivity contribution is 5.67. The van der Waals surface area contributed by atoms with Crippen molar-refractivity contribution in [3.8, 4) is 16.9 Å². The number of benzene rings is 1. The van der Waals surface area contributed by atoms with Gasteiger partial charge in [0, 0.05) is 24.8 Å². The van der Waals surface area contributed by atoms with Crippen LogP contribution in [0.3, 0.4) is 0 Å². The van der Waals surface area contributed by atoms with E-state index in [1.54, 1.807) is 7.11 Å². The second kappa shape index (κ2) is 7.10. The maximum Gasteiger partial charge on any atom is 0.119 e. The van der Waals surface area contributed by atoms with E-state index < -0.39 is 0 Å². The van der Waals surface area contributed by atoms with E-state index in [2.05, 4.69) is 42.6 Å². The highest BCUT2D eigenvalue weighted by atomic mass is 16.5. The zero-order valence-electron chi connectivity index (χ0n) is 12.5. The highest BCUT2D eigenvalue weighted by Crippen LogP contribution is 2.27. The molecule has 108 valence electrons. The third-order valence-corrected chi connectivity index (χ3v) is 3.32. The minimum Gasteiger partial charge on any atom is -0.497 e. The Morgan fingerprint density at radius 2 is 2.15 bits per heavy atom. The lowest BCUT2D eigenvalue weighted by molar-refractivity contribution is 0.414. The fraction of sp³-hybridized carbons (Fsp3) is 0.438. The summed E-state index contributed by atoms with van der Waals surface area (Å²) < 4.78 is 7.28. The molecule has 20 heavy (non-hydrogen) atoms. The van der Waals surface area contributed by atoms with E-state index in [4.69, 9.17) is 4.74 Å². The molecule has 4 nitrogen and oxygen atoms in total. The van der Waals surface area contributed by atoms with Crippen LogP contribution in [0.4, 0.5) is 0 Å². The van der Waals surface area contributed by atoms with Crippen LogP contribution < -0.4 is 10.1 Å². The molecular weight excluding hydrogens is 250 g/mol. The first-order valence-electron chi connectivity index (χ1n) is 7.19. The van der Waals surface area contributed by atoms with Crippen molar-refractivity contribution in [2.24, 2.45) is 0 Å². The quantitative estimate of drug-likeness (QED) is 0.788. The second-order valence-electron chi connectivity index (χ2n) is 4.78. The number of aryl methyl sites for hydroxylation is 1. The van der Waals surface area contributed by atoms with Crippen molar-refractivity contribution in [3.05, 3.63) is 36.2 Å². The molecular formula is C16H23N3O. The molecule has 1 aromatic carbocycles. The molecule has 0 spiro atoms. The molecule has 0 aliphatic rings. The standard InChI is InChI=1S/C16H23N3O/c1-4-8-17-10-13-9-15(20-3)6-7-16(13)14-11-18-19(5-2)12-14/h6-7,9,11-12,17H,4-5,8,10H2,1-3H3. The van der Waals surface area contributed by atoms with E-state index in [0.29, 0.717) is 0 Å². The summed E-state index contributed by atoms with van der Waals surface area (Å²) in [4.78, 5) is 0. The van der Waals surface area contributed by atoms with E-state index in [1.165, 1.54) is 11.1 Å². The normalized spacial score (nSPS) is 10.8. The Hall–Kier alpha value is -1.81. The van der Waals surface area contributed by atoms with Gasteiger partial charge in [-0.15, -0.1) is 0 Å². The topological polar surface area (TPSA) is 39.1 Å². The zero-order valence-corrected chi connectivity index (χ0v) is 12.5. The molecule has 1 N–H and O–H groups in total. The van der Waals surface area contributed by atoms with Gasteiger partial charge in [-0.1, -0.05) is 13.0 Å². The minimum atomic E-state index is 0.845. The molecule has 1 aromatic heterocycles. The number of nitrogens with one attached hydrogen (secondary N) is 1. The van der Waals surface area contributed by atoms with E-state index in [-0.39, 0.29) is 0 Å². The van der Waals surface area contributed by atoms with Gasteiger partial charge < -0.3 is 10.1 Å². The average Bonchev–Trinajstić information content (AvgIpc) is 2.96. The fourth-order valence-electron chi connectivity index (χ4n) is 2.20. The average molecular weight is 273 g/mol. The van der Waals surface area contributed by atoms with Gasteiger partial charge in [0.15, 0.2) is 0 Å². The highest BCUT2D eigenvalue weighted by Gasteiger charge is 2.08. The molecule has 0 amide bonds. The van der Waals surface area contributed by atoms with Crippen LogP contribution in [0.2, 0.25) is 0 Å². The van der Waals surface area contributed by atoms with Gasteiger partial charge in [0.05, 0.1) is 13.3 Å². The van der Waals surface area contributed by atoms with Crippen molar-refractivity contribution in [2.45, 2.75) is 33.4 Å². The largest absolute Gasteiger partial charge is 0.497 e. The third-order valence-electron chi connectivity index (χ3n) is 3.32. The first-order valence-corrected chi connectivity index (χ1v) is 7.19. The molecule has 0 saturated carbocycles. The lowest BCUT2D eigenvalue weighted by atomic mass is 10.0. The minimum absolute atomic E-state index is 0.845. The zero-order chi connectivity index (χ0) is 14.4. The maximum absolute atomic E-state index is 5.33. The summed E-state index contributed by atoms with van der Waals surface area (Å²) in [5, 5.41) is 7.81. The third kappa shape index (κ3) is 3.39. The molecule has 0 fully saturated rings. The van der Waals surface area contributed by atoms with Crippen LogP contribution in [-0.4, -0.2) is 23.4 Å². The van der Waals surface area contributed by atoms with Crippen LogP contribution in [0.1, 0.15) is 25.8 Å². The van der Waals surface area contributed by atoms with Gasteiger partial charge in [0.2, 0.25) is 0 Å². The molecule has 0 atom stereocenters. The van der Waals surface area contributed by atoms with Crippen LogP contribution >= 0.6 is 0 Å². The van der Waals surface area contributed by atoms with E-state index in [1.807, 2.05) is 16.9 Å². The maximum atomic E-state index is 5.33. The number of methoxy groups -OCH3 is 1. The summed E-state index contributed by atoms with van der Waals surface area (Å²) in [7, 11) is 1.70. The Kier molecular flexibility index (Phi) is 5.18. The summed E-state index contributed by atoms with van der Waals surface area (Å²) >= 11 is 0. The van der Waals surface area contributed by atoms with Crippen LogP contribution in [0, 0.1) is 0 Å². The van der Waals surface area contributed by atoms with Crippen LogP contribution in [0.5, 0.6) is 5.75 Å². The Bertz CT molecular complexity index is 548. The second-order valence-corrected chi connectivity index (χ2v) is 4.78. The van der Waals surface area contributed by atoms with E-state index in [9.17, 15) is 0 Å². The van der Waals surface area contributed by atoms with Gasteiger partial charge in [-0.05, 0) is 43.1 Å². The van der Waals surface area contributed by atoms with Crippen LogP contribution in [-0.2, 0) is 13.1 Å². The van der Waals surface area contributed by atoms with Crippen molar-refractivity contribution < 1.29 is 4.74 Å². The van der Waals surface area contributed by atoms with Gasteiger partial charge in [0.1, 0.15) is 5.75 Å². The number of hydrogen-bond acceptors (Lipinski definition) is 3. The molecule has 1 heterocycles. The molecule has 4 heteroatoms. The summed E-state index contributed by atoms with van der Waals surface area (Å²) in [5.41, 5.74) is 3.62. The number of rotatable bonds is 7. The van der Waals surface area contributed by atoms with Gasteiger partial charge in [-0.2, -0.15) is 5.10 Å². The molecule has 0 aliphatic carbocycles. The number of hydrogen-bond donors (Lipinski definition) is 1. The van der Waals surface area contributed by atoms with Crippen molar-refractivity contribution in [1.29, 1.82) is 0 Å². The van der Waals surface area contributed by atoms with Crippen molar-refractivity contribution in [3.63, 3.8) is 0 Å². The first kappa shape index (κ1) is 14.6. The monoisotopic (exact) mass is 273 g/mol. The van der Waals surface area contributed by atoms with E-state index in [0.717, 1.165) is 37.4 Å². The Morgan fingerprint density at radius 3 is 2.80 bits per heavy atom. The lowest BCUT2D eigenvalue weighted by Crippen LogP contribution is -2.14. The molecule has 0 unspecified atom stereocenters. The molecule has 0 radical (unpaired) electrons. The predicted octanol–water partition coefficient (Wildman–Crippen LogP) is 3.08. The lowest BCUT2D eigenvalue weighted by Gasteiger charge is -2.11. The van der Waals surface area contributed by atoms with Gasteiger partial charge in [-0.25, -0.2) is 0 Å². The summed E-state index contributed by atoms with van der Waals surface area (Å²) in [6.45, 7) is 7.02. The van der Waals surface area contributed by atoms with Crippen LogP contribution in [0.25, 0.3) is 11.1 Å². The molecule has 0 saturated heterocycles. The summed E-state index contributed by atoms with van der Waals surface area (Å²) in [6, 6.07) is 6.21. The molecule has 0 bridgehead atoms. The molecule has 2 aromatic rings. The van der Waals surface area contributed by atoms with Gasteiger partial charge in [-0.3, -0.25) is 4.68 Å². The number of aromatic nitrogens is 2. The summed E-state index contributed by atoms with van der Waals surface area (Å²) in [6.07, 6.45) is 5.15. The summed E-state index contributed by atoms with van der Waals surface area (Å²) in [5.74, 6) is 0.893. The smallest absolute Gasteiger partial charge is 0.119 e. The molecule has 2 rings (SSSR count). The number of ether oxygens (including phenoxy) is 1. The van der Waals surface area contributed by atoms with Gasteiger partial charge >= 0.3 is 0 Å². The Labute approximate surface area is 120 Å². The van der Waals surface area contributed by atoms with Gasteiger partial charge in [0.25, 0.3) is 0 Å². The number of nitrogens with zero attached hydrogens (tertiary/aromatic N) is 2. The molecule has 0 aliphatic heterocycles. The predicted molar refractivity (Wildman–Crippen MR) is 81.9 cm³/mol. The Morgan fingerprint density at radius 1 is 1.30 bits per heavy atom. The van der Waals surface area contributed by atoms with Crippen molar-refractivity contribution >= 4 is 0 Å². The van der Waals surface area contributed by atoms with Crippen molar-refractivity contribution in [2.75, 3.05) is 13.7 Å². The first-order chi connectivity index (χ1) is 9.78. The van der Waals surface area contributed by atoms with Crippen molar-refractivity contribution in [1.82, 2.24) is 15.1 Å².